The number of nitriles is 1. The maximum atomic E-state index is 13.8. The molecule has 0 radical (unpaired) electrons. The van der Waals surface area contributed by atoms with Gasteiger partial charge >= 0.3 is 0 Å². The monoisotopic (exact) mass is 460 g/mol. The van der Waals surface area contributed by atoms with E-state index in [0.29, 0.717) is 35.6 Å². The van der Waals surface area contributed by atoms with Crippen molar-refractivity contribution in [3.8, 4) is 6.07 Å². The number of carbonyl (C=O) groups excluding carboxylic acids is 2. The van der Waals surface area contributed by atoms with Crippen LogP contribution in [0.25, 0.3) is 10.8 Å². The minimum Gasteiger partial charge on any atom is -0.325 e. The highest BCUT2D eigenvalue weighted by atomic mass is 16.1. The average molecular weight is 461 g/mol. The van der Waals surface area contributed by atoms with Crippen molar-refractivity contribution in [1.29, 1.82) is 5.26 Å². The Labute approximate surface area is 206 Å². The zero-order chi connectivity index (χ0) is 24.8. The molecule has 0 fully saturated rings. The minimum atomic E-state index is -0.345. The third kappa shape index (κ3) is 5.47. The molecule has 0 bridgehead atoms. The van der Waals surface area contributed by atoms with Crippen molar-refractivity contribution in [2.24, 2.45) is 5.92 Å². The normalized spacial score (nSPS) is 11.7. The highest BCUT2D eigenvalue weighted by molar-refractivity contribution is 6.00. The average Bonchev–Trinajstić information content (AvgIpc) is 2.88. The summed E-state index contributed by atoms with van der Waals surface area (Å²) in [5, 5.41) is 14.8. The van der Waals surface area contributed by atoms with Crippen LogP contribution in [-0.2, 0) is 11.2 Å². The second-order valence-electron chi connectivity index (χ2n) is 9.22. The van der Waals surface area contributed by atoms with Crippen LogP contribution in [-0.4, -0.2) is 12.2 Å². The molecule has 1 N–H and O–H groups in total. The summed E-state index contributed by atoms with van der Waals surface area (Å²) < 4.78 is 0. The van der Waals surface area contributed by atoms with Gasteiger partial charge in [-0.2, -0.15) is 5.26 Å². The predicted octanol–water partition coefficient (Wildman–Crippen LogP) is 6.88. The Kier molecular flexibility index (Phi) is 7.38. The lowest BCUT2D eigenvalue weighted by molar-refractivity contribution is -0.117. The number of hydrogen-bond acceptors (Lipinski definition) is 3. The Bertz CT molecular complexity index is 1410. The first-order valence-corrected chi connectivity index (χ1v) is 11.8. The van der Waals surface area contributed by atoms with Gasteiger partial charge in [0.15, 0.2) is 0 Å². The third-order valence-corrected chi connectivity index (χ3v) is 6.28. The van der Waals surface area contributed by atoms with Crippen molar-refractivity contribution < 1.29 is 9.59 Å². The molecule has 0 aliphatic carbocycles. The molecular weight excluding hydrogens is 432 g/mol. The number of nitrogens with zero attached hydrogens (tertiary/aromatic N) is 1. The van der Waals surface area contributed by atoms with Gasteiger partial charge in [-0.05, 0) is 51.9 Å². The molecule has 1 unspecified atom stereocenters. The van der Waals surface area contributed by atoms with Crippen LogP contribution in [0.4, 0.5) is 5.69 Å². The Balaban J connectivity index is 1.72. The van der Waals surface area contributed by atoms with Gasteiger partial charge in [0.25, 0.3) is 0 Å². The van der Waals surface area contributed by atoms with Crippen LogP contribution in [0.3, 0.4) is 0 Å². The Hall–Kier alpha value is -4.23. The van der Waals surface area contributed by atoms with Gasteiger partial charge in [0.2, 0.25) is 5.91 Å². The maximum absolute atomic E-state index is 13.8. The standard InChI is InChI=1S/C31H28N2O2/c1-21(2)16-29(28-13-7-11-23-8-5-6-12-27(23)28)31(35)33-30-17-22(19-32)14-15-25(30)18-24-9-3-4-10-26(24)20-34/h3-15,17,20-21,29H,16,18H2,1-2H3,(H,33,35). The van der Waals surface area contributed by atoms with Crippen LogP contribution in [0.5, 0.6) is 0 Å². The van der Waals surface area contributed by atoms with Gasteiger partial charge in [-0.1, -0.05) is 86.6 Å². The number of anilines is 1. The molecule has 174 valence electrons. The fourth-order valence-electron chi connectivity index (χ4n) is 4.55. The summed E-state index contributed by atoms with van der Waals surface area (Å²) in [6.45, 7) is 4.23. The molecule has 0 aliphatic heterocycles. The summed E-state index contributed by atoms with van der Waals surface area (Å²) in [5.41, 5.74) is 4.41. The summed E-state index contributed by atoms with van der Waals surface area (Å²) >= 11 is 0. The lowest BCUT2D eigenvalue weighted by atomic mass is 9.86. The van der Waals surface area contributed by atoms with Crippen molar-refractivity contribution in [2.45, 2.75) is 32.6 Å². The number of hydrogen-bond donors (Lipinski definition) is 1. The van der Waals surface area contributed by atoms with Crippen LogP contribution >= 0.6 is 0 Å². The molecule has 1 amide bonds. The van der Waals surface area contributed by atoms with E-state index in [2.05, 4.69) is 43.4 Å². The van der Waals surface area contributed by atoms with Gasteiger partial charge in [-0.3, -0.25) is 9.59 Å². The third-order valence-electron chi connectivity index (χ3n) is 6.28. The van der Waals surface area contributed by atoms with E-state index in [9.17, 15) is 14.9 Å². The summed E-state index contributed by atoms with van der Waals surface area (Å²) in [5.74, 6) is -0.133. The minimum absolute atomic E-state index is 0.102. The zero-order valence-corrected chi connectivity index (χ0v) is 20.0. The largest absolute Gasteiger partial charge is 0.325 e. The first kappa shape index (κ1) is 23.9. The van der Waals surface area contributed by atoms with E-state index in [1.165, 1.54) is 0 Å². The topological polar surface area (TPSA) is 70.0 Å². The van der Waals surface area contributed by atoms with Crippen LogP contribution in [0.15, 0.2) is 84.9 Å². The molecular formula is C31H28N2O2. The zero-order valence-electron chi connectivity index (χ0n) is 20.0. The Morgan fingerprint density at radius 3 is 2.46 bits per heavy atom. The summed E-state index contributed by atoms with van der Waals surface area (Å²) in [6.07, 6.45) is 2.01. The molecule has 1 atom stereocenters. The van der Waals surface area contributed by atoms with Crippen molar-refractivity contribution in [2.75, 3.05) is 5.32 Å². The molecule has 0 saturated carbocycles. The molecule has 35 heavy (non-hydrogen) atoms. The van der Waals surface area contributed by atoms with Crippen LogP contribution in [0, 0.1) is 17.2 Å². The molecule has 4 aromatic carbocycles. The van der Waals surface area contributed by atoms with E-state index in [-0.39, 0.29) is 11.8 Å². The highest BCUT2D eigenvalue weighted by Gasteiger charge is 2.24. The number of benzene rings is 4. The molecule has 4 rings (SSSR count). The highest BCUT2D eigenvalue weighted by Crippen LogP contribution is 2.32. The second kappa shape index (κ2) is 10.8. The van der Waals surface area contributed by atoms with Gasteiger partial charge in [0, 0.05) is 17.7 Å². The Morgan fingerprint density at radius 2 is 1.69 bits per heavy atom. The molecule has 0 aromatic heterocycles. The van der Waals surface area contributed by atoms with Crippen molar-refractivity contribution >= 4 is 28.7 Å². The number of fused-ring (bicyclic) bond motifs is 1. The van der Waals surface area contributed by atoms with Crippen molar-refractivity contribution in [3.63, 3.8) is 0 Å². The fraction of sp³-hybridized carbons (Fsp3) is 0.194. The SMILES string of the molecule is CC(C)CC(C(=O)Nc1cc(C#N)ccc1Cc1ccccc1C=O)c1cccc2ccccc12. The van der Waals surface area contributed by atoms with Gasteiger partial charge in [-0.25, -0.2) is 0 Å². The molecule has 4 nitrogen and oxygen atoms in total. The number of carbonyl (C=O) groups is 2. The first-order valence-electron chi connectivity index (χ1n) is 11.8. The molecule has 4 heteroatoms. The summed E-state index contributed by atoms with van der Waals surface area (Å²) in [4.78, 5) is 25.3. The quantitative estimate of drug-likeness (QED) is 0.291. The first-order chi connectivity index (χ1) is 17.0. The molecule has 0 aliphatic rings. The molecule has 0 spiro atoms. The number of rotatable bonds is 8. The summed E-state index contributed by atoms with van der Waals surface area (Å²) in [6, 6.07) is 29.1. The Morgan fingerprint density at radius 1 is 0.943 bits per heavy atom. The smallest absolute Gasteiger partial charge is 0.231 e. The summed E-state index contributed by atoms with van der Waals surface area (Å²) in [7, 11) is 0. The fourth-order valence-corrected chi connectivity index (χ4v) is 4.55. The molecule has 4 aromatic rings. The van der Waals surface area contributed by atoms with E-state index >= 15 is 0 Å². The van der Waals surface area contributed by atoms with E-state index in [1.807, 2.05) is 48.5 Å². The number of amides is 1. The van der Waals surface area contributed by atoms with Crippen LogP contribution in [0.1, 0.15) is 58.8 Å². The van der Waals surface area contributed by atoms with Gasteiger partial charge in [0.05, 0.1) is 17.6 Å². The van der Waals surface area contributed by atoms with Gasteiger partial charge in [0.1, 0.15) is 6.29 Å². The van der Waals surface area contributed by atoms with Crippen LogP contribution < -0.4 is 5.32 Å². The van der Waals surface area contributed by atoms with E-state index < -0.39 is 0 Å². The van der Waals surface area contributed by atoms with Gasteiger partial charge in [-0.15, -0.1) is 0 Å². The predicted molar refractivity (Wildman–Crippen MR) is 141 cm³/mol. The van der Waals surface area contributed by atoms with E-state index in [1.54, 1.807) is 18.2 Å². The lowest BCUT2D eigenvalue weighted by Crippen LogP contribution is -2.23. The second-order valence-corrected chi connectivity index (χ2v) is 9.22. The van der Waals surface area contributed by atoms with E-state index in [0.717, 1.165) is 33.7 Å². The maximum Gasteiger partial charge on any atom is 0.231 e. The van der Waals surface area contributed by atoms with Crippen molar-refractivity contribution in [1.82, 2.24) is 0 Å². The number of nitrogens with one attached hydrogen (secondary N) is 1. The molecule has 0 saturated heterocycles. The van der Waals surface area contributed by atoms with Crippen LogP contribution in [0.2, 0.25) is 0 Å². The van der Waals surface area contributed by atoms with Gasteiger partial charge < -0.3 is 5.32 Å². The molecule has 0 heterocycles. The number of aldehydes is 1. The van der Waals surface area contributed by atoms with E-state index in [4.69, 9.17) is 0 Å². The van der Waals surface area contributed by atoms with Crippen molar-refractivity contribution in [3.05, 3.63) is 113 Å². The lowest BCUT2D eigenvalue weighted by Gasteiger charge is -2.22.